The summed E-state index contributed by atoms with van der Waals surface area (Å²) in [5.41, 5.74) is 7.61. The number of nitrogens with one attached hydrogen (secondary N) is 2. The highest BCUT2D eigenvalue weighted by Crippen LogP contribution is 2.29. The van der Waals surface area contributed by atoms with E-state index >= 15 is 0 Å². The maximum atomic E-state index is 12.8. The van der Waals surface area contributed by atoms with Crippen LogP contribution in [0.4, 0.5) is 16.5 Å². The van der Waals surface area contributed by atoms with Crippen LogP contribution in [0.1, 0.15) is 63.0 Å². The summed E-state index contributed by atoms with van der Waals surface area (Å²) < 4.78 is 8.18. The Bertz CT molecular complexity index is 1170. The van der Waals surface area contributed by atoms with Crippen molar-refractivity contribution in [2.75, 3.05) is 23.0 Å². The van der Waals surface area contributed by atoms with Crippen LogP contribution in [0.2, 0.25) is 0 Å². The molecule has 10 nitrogen and oxygen atoms in total. The number of esters is 1. The number of hydrogen-bond donors (Lipinski definition) is 3. The van der Waals surface area contributed by atoms with Crippen molar-refractivity contribution < 1.29 is 19.1 Å². The minimum atomic E-state index is -0.470. The molecule has 0 radical (unpaired) electrons. The molecule has 0 aliphatic carbocycles. The van der Waals surface area contributed by atoms with E-state index < -0.39 is 11.9 Å². The molecule has 0 saturated heterocycles. The fourth-order valence-corrected chi connectivity index (χ4v) is 4.02. The van der Waals surface area contributed by atoms with Gasteiger partial charge in [0.05, 0.1) is 18.0 Å². The van der Waals surface area contributed by atoms with Gasteiger partial charge in [0.1, 0.15) is 17.1 Å². The van der Waals surface area contributed by atoms with Gasteiger partial charge in [-0.3, -0.25) is 9.59 Å². The number of hydrogen-bond acceptors (Lipinski definition) is 7. The molecule has 0 saturated carbocycles. The maximum absolute atomic E-state index is 12.8. The van der Waals surface area contributed by atoms with Crippen molar-refractivity contribution in [1.82, 2.24) is 14.1 Å². The predicted octanol–water partition coefficient (Wildman–Crippen LogP) is 3.21. The number of rotatable bonds is 7. The number of anilines is 3. The fourth-order valence-electron chi connectivity index (χ4n) is 3.19. The number of nitrogens with two attached hydrogens (primary N) is 1. The van der Waals surface area contributed by atoms with Gasteiger partial charge in [-0.15, -0.1) is 11.3 Å². The summed E-state index contributed by atoms with van der Waals surface area (Å²) in [7, 11) is 3.38. The van der Waals surface area contributed by atoms with Gasteiger partial charge < -0.3 is 30.2 Å². The van der Waals surface area contributed by atoms with Gasteiger partial charge >= 0.3 is 5.97 Å². The van der Waals surface area contributed by atoms with Crippen LogP contribution >= 0.6 is 11.3 Å². The smallest absolute Gasteiger partial charge is 0.355 e. The van der Waals surface area contributed by atoms with E-state index in [2.05, 4.69) is 15.6 Å². The van der Waals surface area contributed by atoms with Gasteiger partial charge in [0.25, 0.3) is 11.8 Å². The zero-order valence-corrected chi connectivity index (χ0v) is 19.4. The summed E-state index contributed by atoms with van der Waals surface area (Å²) in [6.07, 6.45) is 3.25. The van der Waals surface area contributed by atoms with Gasteiger partial charge in [-0.05, 0) is 25.0 Å². The molecule has 3 aromatic rings. The summed E-state index contributed by atoms with van der Waals surface area (Å²) in [6.45, 7) is 5.91. The quantitative estimate of drug-likeness (QED) is 0.466. The molecule has 3 aromatic heterocycles. The fraction of sp³-hybridized carbons (Fsp3) is 0.333. The van der Waals surface area contributed by atoms with E-state index in [-0.39, 0.29) is 24.1 Å². The molecule has 2 amide bonds. The lowest BCUT2D eigenvalue weighted by Crippen LogP contribution is -2.15. The van der Waals surface area contributed by atoms with Crippen LogP contribution in [0.25, 0.3) is 0 Å². The molecule has 11 heteroatoms. The second kappa shape index (κ2) is 9.27. The van der Waals surface area contributed by atoms with Gasteiger partial charge in [0.2, 0.25) is 0 Å². The molecule has 0 aromatic carbocycles. The number of aromatic nitrogens is 3. The van der Waals surface area contributed by atoms with E-state index in [0.717, 1.165) is 4.88 Å². The average Bonchev–Trinajstić information content (AvgIpc) is 3.38. The SMILES string of the molecule is CCOC(=O)c1cc(NC(=O)c2cc(NC(=O)c3nc(N)sc3C(C)C)cn2C)cn1C. The van der Waals surface area contributed by atoms with Crippen molar-refractivity contribution in [3.05, 3.63) is 46.5 Å². The average molecular weight is 459 g/mol. The van der Waals surface area contributed by atoms with Crippen LogP contribution in [0.3, 0.4) is 0 Å². The van der Waals surface area contributed by atoms with Crippen LogP contribution in [-0.4, -0.2) is 38.5 Å². The van der Waals surface area contributed by atoms with Crippen molar-refractivity contribution in [2.45, 2.75) is 26.7 Å². The molecular weight excluding hydrogens is 432 g/mol. The molecule has 32 heavy (non-hydrogen) atoms. The van der Waals surface area contributed by atoms with Crippen molar-refractivity contribution in [3.8, 4) is 0 Å². The maximum Gasteiger partial charge on any atom is 0.355 e. The van der Waals surface area contributed by atoms with Crippen molar-refractivity contribution in [2.24, 2.45) is 14.1 Å². The first-order valence-electron chi connectivity index (χ1n) is 9.99. The summed E-state index contributed by atoms with van der Waals surface area (Å²) in [5, 5.41) is 5.86. The molecule has 0 spiro atoms. The lowest BCUT2D eigenvalue weighted by Gasteiger charge is -2.05. The van der Waals surface area contributed by atoms with Gasteiger partial charge in [0, 0.05) is 31.4 Å². The van der Waals surface area contributed by atoms with E-state index in [1.807, 2.05) is 13.8 Å². The van der Waals surface area contributed by atoms with Gasteiger partial charge in [-0.1, -0.05) is 13.8 Å². The number of thiazole rings is 1. The van der Waals surface area contributed by atoms with Crippen molar-refractivity contribution >= 4 is 45.6 Å². The minimum absolute atomic E-state index is 0.105. The normalized spacial score (nSPS) is 10.9. The summed E-state index contributed by atoms with van der Waals surface area (Å²) in [6, 6.07) is 3.11. The predicted molar refractivity (Wildman–Crippen MR) is 123 cm³/mol. The van der Waals surface area contributed by atoms with Gasteiger partial charge in [0.15, 0.2) is 5.13 Å². The standard InChI is InChI=1S/C21H26N6O4S/c1-6-31-20(30)15-8-13(10-27(15)5)23-18(28)14-7-12(9-26(14)4)24-19(29)16-17(11(2)3)32-21(22)25-16/h7-11H,6H2,1-5H3,(H2,22,25)(H,23,28)(H,24,29). The number of carbonyl (C=O) groups is 3. The van der Waals surface area contributed by atoms with E-state index in [1.165, 1.54) is 11.3 Å². The number of nitrogens with zero attached hydrogens (tertiary/aromatic N) is 3. The Labute approximate surface area is 189 Å². The first kappa shape index (κ1) is 23.1. The summed E-state index contributed by atoms with van der Waals surface area (Å²) >= 11 is 1.29. The second-order valence-electron chi connectivity index (χ2n) is 7.50. The first-order valence-corrected chi connectivity index (χ1v) is 10.8. The number of carbonyl (C=O) groups excluding carboxylic acids is 3. The lowest BCUT2D eigenvalue weighted by molar-refractivity contribution is 0.0515. The molecule has 170 valence electrons. The number of nitrogen functional groups attached to an aromatic ring is 1. The Morgan fingerprint density at radius 3 is 2.22 bits per heavy atom. The molecule has 3 heterocycles. The van der Waals surface area contributed by atoms with Crippen LogP contribution in [0.15, 0.2) is 24.5 Å². The highest BCUT2D eigenvalue weighted by molar-refractivity contribution is 7.15. The van der Waals surface area contributed by atoms with E-state index in [9.17, 15) is 14.4 Å². The number of ether oxygens (including phenoxy) is 1. The molecule has 0 aliphatic rings. The molecule has 3 rings (SSSR count). The van der Waals surface area contributed by atoms with E-state index in [0.29, 0.717) is 27.9 Å². The largest absolute Gasteiger partial charge is 0.461 e. The molecule has 0 bridgehead atoms. The van der Waals surface area contributed by atoms with Crippen LogP contribution < -0.4 is 16.4 Å². The number of aryl methyl sites for hydroxylation is 2. The van der Waals surface area contributed by atoms with Crippen molar-refractivity contribution in [1.29, 1.82) is 0 Å². The Kier molecular flexibility index (Phi) is 6.68. The Morgan fingerprint density at radius 1 is 1.06 bits per heavy atom. The lowest BCUT2D eigenvalue weighted by atomic mass is 10.1. The Balaban J connectivity index is 1.74. The molecule has 0 atom stereocenters. The topological polar surface area (TPSA) is 133 Å². The van der Waals surface area contributed by atoms with Gasteiger partial charge in [-0.25, -0.2) is 9.78 Å². The zero-order chi connectivity index (χ0) is 23.6. The molecule has 0 unspecified atom stereocenters. The molecular formula is C21H26N6O4S. The zero-order valence-electron chi connectivity index (χ0n) is 18.6. The third-order valence-corrected chi connectivity index (χ3v) is 5.84. The third kappa shape index (κ3) is 4.83. The van der Waals surface area contributed by atoms with E-state index in [1.54, 1.807) is 54.7 Å². The third-order valence-electron chi connectivity index (χ3n) is 4.65. The highest BCUT2D eigenvalue weighted by Gasteiger charge is 2.21. The van der Waals surface area contributed by atoms with Crippen LogP contribution in [0, 0.1) is 0 Å². The van der Waals surface area contributed by atoms with Gasteiger partial charge in [-0.2, -0.15) is 0 Å². The van der Waals surface area contributed by atoms with Crippen molar-refractivity contribution in [3.63, 3.8) is 0 Å². The summed E-state index contributed by atoms with van der Waals surface area (Å²) in [4.78, 5) is 42.4. The minimum Gasteiger partial charge on any atom is -0.461 e. The first-order chi connectivity index (χ1) is 15.1. The Morgan fingerprint density at radius 2 is 1.62 bits per heavy atom. The Hall–Kier alpha value is -3.60. The highest BCUT2D eigenvalue weighted by atomic mass is 32.1. The molecule has 0 fully saturated rings. The van der Waals surface area contributed by atoms with Crippen LogP contribution in [0.5, 0.6) is 0 Å². The molecule has 0 aliphatic heterocycles. The van der Waals surface area contributed by atoms with Crippen LogP contribution in [-0.2, 0) is 18.8 Å². The monoisotopic (exact) mass is 458 g/mol. The van der Waals surface area contributed by atoms with E-state index in [4.69, 9.17) is 10.5 Å². The molecule has 4 N–H and O–H groups in total. The number of amides is 2. The summed E-state index contributed by atoms with van der Waals surface area (Å²) in [5.74, 6) is -1.15. The second-order valence-corrected chi connectivity index (χ2v) is 8.56.